The molecule has 0 aliphatic rings. The molecule has 0 unspecified atom stereocenters. The molecule has 0 amide bonds. The molecule has 0 aliphatic heterocycles. The van der Waals surface area contributed by atoms with E-state index in [1.54, 1.807) is 7.11 Å². The zero-order valence-electron chi connectivity index (χ0n) is 11.1. The first kappa shape index (κ1) is 16.5. The average molecular weight is 294 g/mol. The van der Waals surface area contributed by atoms with E-state index in [1.165, 1.54) is 0 Å². The molecule has 0 bridgehead atoms. The summed E-state index contributed by atoms with van der Waals surface area (Å²) >= 11 is 0. The van der Waals surface area contributed by atoms with Crippen LogP contribution in [0, 0.1) is 0 Å². The number of hydrogen-bond donors (Lipinski definition) is 1. The lowest BCUT2D eigenvalue weighted by atomic mass is 10.2. The van der Waals surface area contributed by atoms with Gasteiger partial charge < -0.3 is 19.9 Å². The SMILES string of the molecule is COCCOCCCOc1cc(C(F)(F)F)cc(N)n1. The maximum absolute atomic E-state index is 12.5. The van der Waals surface area contributed by atoms with E-state index in [9.17, 15) is 13.2 Å². The molecule has 2 N–H and O–H groups in total. The maximum Gasteiger partial charge on any atom is 0.416 e. The molecule has 1 aromatic heterocycles. The third-order valence-corrected chi connectivity index (χ3v) is 2.26. The van der Waals surface area contributed by atoms with Crippen molar-refractivity contribution in [3.63, 3.8) is 0 Å². The third kappa shape index (κ3) is 6.07. The normalized spacial score (nSPS) is 11.6. The number of anilines is 1. The minimum atomic E-state index is -4.47. The van der Waals surface area contributed by atoms with Crippen molar-refractivity contribution in [2.24, 2.45) is 0 Å². The number of nitrogen functional groups attached to an aromatic ring is 1. The number of alkyl halides is 3. The van der Waals surface area contributed by atoms with Crippen molar-refractivity contribution in [2.45, 2.75) is 12.6 Å². The second-order valence-corrected chi connectivity index (χ2v) is 3.92. The Balaban J connectivity index is 2.39. The Morgan fingerprint density at radius 1 is 1.15 bits per heavy atom. The van der Waals surface area contributed by atoms with E-state index in [0.717, 1.165) is 12.1 Å². The van der Waals surface area contributed by atoms with Crippen molar-refractivity contribution in [3.05, 3.63) is 17.7 Å². The van der Waals surface area contributed by atoms with Crippen LogP contribution >= 0.6 is 0 Å². The predicted molar refractivity (Wildman–Crippen MR) is 66.5 cm³/mol. The first-order chi connectivity index (χ1) is 9.43. The van der Waals surface area contributed by atoms with E-state index in [0.29, 0.717) is 26.2 Å². The summed E-state index contributed by atoms with van der Waals surface area (Å²) in [7, 11) is 1.57. The van der Waals surface area contributed by atoms with Crippen LogP contribution in [0.2, 0.25) is 0 Å². The second kappa shape index (κ2) is 7.91. The number of aromatic nitrogens is 1. The lowest BCUT2D eigenvalue weighted by Gasteiger charge is -2.10. The molecule has 20 heavy (non-hydrogen) atoms. The van der Waals surface area contributed by atoms with Crippen molar-refractivity contribution < 1.29 is 27.4 Å². The van der Waals surface area contributed by atoms with Crippen molar-refractivity contribution in [3.8, 4) is 5.88 Å². The molecule has 1 heterocycles. The Morgan fingerprint density at radius 3 is 2.55 bits per heavy atom. The highest BCUT2D eigenvalue weighted by atomic mass is 19.4. The first-order valence-electron chi connectivity index (χ1n) is 5.97. The number of ether oxygens (including phenoxy) is 3. The summed E-state index contributed by atoms with van der Waals surface area (Å²) in [5, 5.41) is 0. The molecule has 0 radical (unpaired) electrons. The van der Waals surface area contributed by atoms with Crippen LogP contribution in [0.25, 0.3) is 0 Å². The highest BCUT2D eigenvalue weighted by Crippen LogP contribution is 2.31. The zero-order chi connectivity index (χ0) is 15.0. The van der Waals surface area contributed by atoms with Crippen LogP contribution < -0.4 is 10.5 Å². The molecule has 5 nitrogen and oxygen atoms in total. The number of halogens is 3. The zero-order valence-corrected chi connectivity index (χ0v) is 11.1. The Labute approximate surface area is 114 Å². The summed E-state index contributed by atoms with van der Waals surface area (Å²) in [6.07, 6.45) is -3.94. The molecule has 1 aromatic rings. The van der Waals surface area contributed by atoms with Gasteiger partial charge in [0.15, 0.2) is 0 Å². The summed E-state index contributed by atoms with van der Waals surface area (Å²) in [6.45, 7) is 1.58. The fourth-order valence-electron chi connectivity index (χ4n) is 1.35. The van der Waals surface area contributed by atoms with Crippen LogP contribution in [0.4, 0.5) is 19.0 Å². The highest BCUT2D eigenvalue weighted by molar-refractivity contribution is 5.38. The molecule has 0 aliphatic carbocycles. The standard InChI is InChI=1S/C12H17F3N2O3/c1-18-5-6-19-3-2-4-20-11-8-9(12(13,14)15)7-10(16)17-11/h7-8H,2-6H2,1H3,(H2,16,17). The number of nitrogens with two attached hydrogens (primary N) is 1. The molecule has 0 spiro atoms. The molecular weight excluding hydrogens is 277 g/mol. The van der Waals surface area contributed by atoms with Crippen molar-refractivity contribution in [1.29, 1.82) is 0 Å². The smallest absolute Gasteiger partial charge is 0.416 e. The molecule has 0 atom stereocenters. The van der Waals surface area contributed by atoms with Crippen LogP contribution in [0.1, 0.15) is 12.0 Å². The molecule has 114 valence electrons. The fraction of sp³-hybridized carbons (Fsp3) is 0.583. The minimum Gasteiger partial charge on any atom is -0.478 e. The Bertz CT molecular complexity index is 413. The molecule has 0 saturated heterocycles. The quantitative estimate of drug-likeness (QED) is 0.744. The molecule has 0 aromatic carbocycles. The van der Waals surface area contributed by atoms with E-state index in [2.05, 4.69) is 4.98 Å². The van der Waals surface area contributed by atoms with Gasteiger partial charge in [-0.05, 0) is 6.07 Å². The fourth-order valence-corrected chi connectivity index (χ4v) is 1.35. The largest absolute Gasteiger partial charge is 0.478 e. The van der Waals surface area contributed by atoms with Gasteiger partial charge in [-0.25, -0.2) is 0 Å². The van der Waals surface area contributed by atoms with Gasteiger partial charge in [-0.1, -0.05) is 0 Å². The van der Waals surface area contributed by atoms with Crippen LogP contribution in [0.3, 0.4) is 0 Å². The Hall–Kier alpha value is -1.54. The molecule has 1 rings (SSSR count). The summed E-state index contributed by atoms with van der Waals surface area (Å²) < 4.78 is 52.7. The third-order valence-electron chi connectivity index (χ3n) is 2.26. The van der Waals surface area contributed by atoms with Crippen LogP contribution in [0.15, 0.2) is 12.1 Å². The van der Waals surface area contributed by atoms with Crippen molar-refractivity contribution in [1.82, 2.24) is 4.98 Å². The lowest BCUT2D eigenvalue weighted by molar-refractivity contribution is -0.137. The van der Waals surface area contributed by atoms with E-state index in [1.807, 2.05) is 0 Å². The van der Waals surface area contributed by atoms with Gasteiger partial charge in [0.05, 0.1) is 25.4 Å². The number of rotatable bonds is 8. The molecule has 8 heteroatoms. The van der Waals surface area contributed by atoms with Crippen molar-refractivity contribution >= 4 is 5.82 Å². The van der Waals surface area contributed by atoms with Crippen LogP contribution in [-0.2, 0) is 15.7 Å². The Morgan fingerprint density at radius 2 is 1.90 bits per heavy atom. The topological polar surface area (TPSA) is 66.6 Å². The Kier molecular flexibility index (Phi) is 6.53. The van der Waals surface area contributed by atoms with E-state index in [-0.39, 0.29) is 18.3 Å². The number of hydrogen-bond acceptors (Lipinski definition) is 5. The summed E-state index contributed by atoms with van der Waals surface area (Å²) in [5.74, 6) is -0.375. The van der Waals surface area contributed by atoms with Crippen LogP contribution in [0.5, 0.6) is 5.88 Å². The van der Waals surface area contributed by atoms with E-state index < -0.39 is 11.7 Å². The molecular formula is C12H17F3N2O3. The van der Waals surface area contributed by atoms with E-state index >= 15 is 0 Å². The summed E-state index contributed by atoms with van der Waals surface area (Å²) in [6, 6.07) is 1.59. The van der Waals surface area contributed by atoms with Gasteiger partial charge in [0.2, 0.25) is 5.88 Å². The van der Waals surface area contributed by atoms with Gasteiger partial charge >= 0.3 is 6.18 Å². The number of nitrogens with zero attached hydrogens (tertiary/aromatic N) is 1. The van der Waals surface area contributed by atoms with Gasteiger partial charge in [-0.15, -0.1) is 0 Å². The van der Waals surface area contributed by atoms with Crippen molar-refractivity contribution in [2.75, 3.05) is 39.3 Å². The molecule has 0 fully saturated rings. The highest BCUT2D eigenvalue weighted by Gasteiger charge is 2.31. The van der Waals surface area contributed by atoms with Gasteiger partial charge in [0.1, 0.15) is 5.82 Å². The number of methoxy groups -OCH3 is 1. The summed E-state index contributed by atoms with van der Waals surface area (Å²) in [4.78, 5) is 3.69. The monoisotopic (exact) mass is 294 g/mol. The van der Waals surface area contributed by atoms with Crippen LogP contribution in [-0.4, -0.2) is 38.5 Å². The second-order valence-electron chi connectivity index (χ2n) is 3.92. The lowest BCUT2D eigenvalue weighted by Crippen LogP contribution is -2.10. The number of pyridine rings is 1. The van der Waals surface area contributed by atoms with Gasteiger partial charge in [-0.3, -0.25) is 0 Å². The predicted octanol–water partition coefficient (Wildman–Crippen LogP) is 2.11. The summed E-state index contributed by atoms with van der Waals surface area (Å²) in [5.41, 5.74) is 4.43. The molecule has 0 saturated carbocycles. The van der Waals surface area contributed by atoms with Gasteiger partial charge in [-0.2, -0.15) is 18.2 Å². The maximum atomic E-state index is 12.5. The van der Waals surface area contributed by atoms with Gasteiger partial charge in [0.25, 0.3) is 0 Å². The van der Waals surface area contributed by atoms with Gasteiger partial charge in [0, 0.05) is 26.2 Å². The minimum absolute atomic E-state index is 0.144. The average Bonchev–Trinajstić information content (AvgIpc) is 2.36. The first-order valence-corrected chi connectivity index (χ1v) is 5.97. The van der Waals surface area contributed by atoms with E-state index in [4.69, 9.17) is 19.9 Å².